The summed E-state index contributed by atoms with van der Waals surface area (Å²) in [7, 11) is 1.85. The number of ether oxygens (including phenoxy) is 1. The van der Waals surface area contributed by atoms with Gasteiger partial charge in [-0.15, -0.1) is 0 Å². The zero-order valence-corrected chi connectivity index (χ0v) is 11.1. The number of anilines is 1. The van der Waals surface area contributed by atoms with Crippen molar-refractivity contribution >= 4 is 17.0 Å². The number of nitrogens with two attached hydrogens (primary N) is 1. The van der Waals surface area contributed by atoms with Gasteiger partial charge in [0.1, 0.15) is 11.6 Å². The first-order chi connectivity index (χ1) is 9.27. The molecule has 0 unspecified atom stereocenters. The SMILES string of the molecule is CNc1ccc2[nH]c(C3(CN)CCOCC3)nc2n1. The molecule has 0 radical (unpaired) electrons. The normalized spacial score (nSPS) is 18.6. The maximum absolute atomic E-state index is 6.00. The third kappa shape index (κ3) is 2.06. The summed E-state index contributed by atoms with van der Waals surface area (Å²) in [5, 5.41) is 3.02. The van der Waals surface area contributed by atoms with E-state index >= 15 is 0 Å². The van der Waals surface area contributed by atoms with E-state index in [0.717, 1.165) is 48.9 Å². The van der Waals surface area contributed by atoms with Gasteiger partial charge in [-0.2, -0.15) is 0 Å². The summed E-state index contributed by atoms with van der Waals surface area (Å²) in [5.74, 6) is 1.76. The number of aromatic nitrogens is 3. The highest BCUT2D eigenvalue weighted by molar-refractivity contribution is 5.73. The largest absolute Gasteiger partial charge is 0.381 e. The Labute approximate surface area is 111 Å². The summed E-state index contributed by atoms with van der Waals surface area (Å²) in [5.41, 5.74) is 7.59. The number of rotatable bonds is 3. The molecule has 0 atom stereocenters. The quantitative estimate of drug-likeness (QED) is 0.767. The van der Waals surface area contributed by atoms with Gasteiger partial charge in [0, 0.05) is 32.2 Å². The zero-order chi connectivity index (χ0) is 13.3. The number of fused-ring (bicyclic) bond motifs is 1. The molecule has 0 bridgehead atoms. The van der Waals surface area contributed by atoms with Crippen molar-refractivity contribution in [3.8, 4) is 0 Å². The van der Waals surface area contributed by atoms with Crippen molar-refractivity contribution in [2.45, 2.75) is 18.3 Å². The Kier molecular flexibility index (Phi) is 3.12. The van der Waals surface area contributed by atoms with Crippen LogP contribution in [0.25, 0.3) is 11.2 Å². The number of H-pyrrole nitrogens is 1. The number of pyridine rings is 1. The van der Waals surface area contributed by atoms with E-state index < -0.39 is 0 Å². The zero-order valence-electron chi connectivity index (χ0n) is 11.1. The van der Waals surface area contributed by atoms with E-state index in [9.17, 15) is 0 Å². The van der Waals surface area contributed by atoms with Crippen molar-refractivity contribution < 1.29 is 4.74 Å². The van der Waals surface area contributed by atoms with Crippen LogP contribution in [-0.4, -0.2) is 41.8 Å². The van der Waals surface area contributed by atoms with Gasteiger partial charge in [-0.3, -0.25) is 0 Å². The molecular formula is C13H19N5O. The number of hydrogen-bond acceptors (Lipinski definition) is 5. The van der Waals surface area contributed by atoms with Crippen LogP contribution in [0.4, 0.5) is 5.82 Å². The van der Waals surface area contributed by atoms with Crippen LogP contribution < -0.4 is 11.1 Å². The van der Waals surface area contributed by atoms with Gasteiger partial charge in [-0.1, -0.05) is 0 Å². The minimum absolute atomic E-state index is 0.0985. The van der Waals surface area contributed by atoms with Crippen molar-refractivity contribution in [3.05, 3.63) is 18.0 Å². The Balaban J connectivity index is 2.03. The molecule has 3 rings (SSSR count). The second-order valence-corrected chi connectivity index (χ2v) is 5.00. The average molecular weight is 261 g/mol. The van der Waals surface area contributed by atoms with E-state index in [1.165, 1.54) is 0 Å². The molecule has 4 N–H and O–H groups in total. The number of hydrogen-bond donors (Lipinski definition) is 3. The van der Waals surface area contributed by atoms with Gasteiger partial charge in [-0.05, 0) is 25.0 Å². The topological polar surface area (TPSA) is 88.9 Å². The lowest BCUT2D eigenvalue weighted by Gasteiger charge is -2.34. The molecule has 1 saturated heterocycles. The second-order valence-electron chi connectivity index (χ2n) is 5.00. The fourth-order valence-electron chi connectivity index (χ4n) is 2.58. The molecule has 1 aliphatic rings. The van der Waals surface area contributed by atoms with Gasteiger partial charge in [0.15, 0.2) is 5.65 Å². The van der Waals surface area contributed by atoms with Gasteiger partial charge >= 0.3 is 0 Å². The molecule has 0 amide bonds. The molecule has 3 heterocycles. The summed E-state index contributed by atoms with van der Waals surface area (Å²) in [6, 6.07) is 3.93. The number of imidazole rings is 1. The Morgan fingerprint density at radius 1 is 1.37 bits per heavy atom. The van der Waals surface area contributed by atoms with E-state index in [1.807, 2.05) is 19.2 Å². The fraction of sp³-hybridized carbons (Fsp3) is 0.538. The van der Waals surface area contributed by atoms with Gasteiger partial charge in [-0.25, -0.2) is 9.97 Å². The lowest BCUT2D eigenvalue weighted by molar-refractivity contribution is 0.0503. The van der Waals surface area contributed by atoms with Crippen molar-refractivity contribution in [2.24, 2.45) is 5.73 Å². The molecule has 102 valence electrons. The first-order valence-electron chi connectivity index (χ1n) is 6.60. The van der Waals surface area contributed by atoms with Gasteiger partial charge in [0.05, 0.1) is 5.52 Å². The minimum Gasteiger partial charge on any atom is -0.381 e. The van der Waals surface area contributed by atoms with Gasteiger partial charge in [0.2, 0.25) is 0 Å². The van der Waals surface area contributed by atoms with Crippen LogP contribution in [0.3, 0.4) is 0 Å². The van der Waals surface area contributed by atoms with Crippen LogP contribution in [0.2, 0.25) is 0 Å². The monoisotopic (exact) mass is 261 g/mol. The molecule has 0 spiro atoms. The second kappa shape index (κ2) is 4.79. The Hall–Kier alpha value is -1.66. The molecule has 19 heavy (non-hydrogen) atoms. The molecule has 2 aromatic heterocycles. The maximum Gasteiger partial charge on any atom is 0.179 e. The van der Waals surface area contributed by atoms with E-state index in [2.05, 4.69) is 20.3 Å². The molecule has 6 heteroatoms. The minimum atomic E-state index is -0.0985. The highest BCUT2D eigenvalue weighted by Gasteiger charge is 2.36. The third-order valence-corrected chi connectivity index (χ3v) is 3.95. The summed E-state index contributed by atoms with van der Waals surface area (Å²) in [6.45, 7) is 2.06. The Morgan fingerprint density at radius 3 is 2.84 bits per heavy atom. The predicted molar refractivity (Wildman–Crippen MR) is 74.2 cm³/mol. The molecule has 0 saturated carbocycles. The van der Waals surface area contributed by atoms with Crippen molar-refractivity contribution in [3.63, 3.8) is 0 Å². The van der Waals surface area contributed by atoms with Crippen LogP contribution in [0, 0.1) is 0 Å². The number of nitrogens with one attached hydrogen (secondary N) is 2. The molecule has 6 nitrogen and oxygen atoms in total. The van der Waals surface area contributed by atoms with Crippen molar-refractivity contribution in [1.82, 2.24) is 15.0 Å². The Bertz CT molecular complexity index is 573. The van der Waals surface area contributed by atoms with Crippen LogP contribution in [0.1, 0.15) is 18.7 Å². The first-order valence-corrected chi connectivity index (χ1v) is 6.60. The van der Waals surface area contributed by atoms with Crippen LogP contribution in [-0.2, 0) is 10.2 Å². The smallest absolute Gasteiger partial charge is 0.179 e. The lowest BCUT2D eigenvalue weighted by Crippen LogP contribution is -2.41. The predicted octanol–water partition coefficient (Wildman–Crippen LogP) is 1.01. The molecule has 0 aliphatic carbocycles. The van der Waals surface area contributed by atoms with Crippen LogP contribution in [0.15, 0.2) is 12.1 Å². The van der Waals surface area contributed by atoms with Crippen LogP contribution >= 0.6 is 0 Å². The maximum atomic E-state index is 6.00. The van der Waals surface area contributed by atoms with Gasteiger partial charge in [0.25, 0.3) is 0 Å². The van der Waals surface area contributed by atoms with E-state index in [4.69, 9.17) is 10.5 Å². The standard InChI is InChI=1S/C13H19N5O/c1-15-10-3-2-9-11(17-10)18-12(16-9)13(8-14)4-6-19-7-5-13/h2-3H,4-8,14H2,1H3,(H2,15,16,17,18). The lowest BCUT2D eigenvalue weighted by atomic mass is 9.79. The molecule has 1 fully saturated rings. The molecule has 1 aliphatic heterocycles. The molecule has 2 aromatic rings. The van der Waals surface area contributed by atoms with E-state index in [-0.39, 0.29) is 5.41 Å². The Morgan fingerprint density at radius 2 is 2.16 bits per heavy atom. The summed E-state index contributed by atoms with van der Waals surface area (Å²) in [6.07, 6.45) is 1.81. The van der Waals surface area contributed by atoms with Crippen LogP contribution in [0.5, 0.6) is 0 Å². The summed E-state index contributed by atoms with van der Waals surface area (Å²) in [4.78, 5) is 12.5. The number of nitrogens with zero attached hydrogens (tertiary/aromatic N) is 2. The summed E-state index contributed by atoms with van der Waals surface area (Å²) >= 11 is 0. The van der Waals surface area contributed by atoms with E-state index in [0.29, 0.717) is 6.54 Å². The number of aromatic amines is 1. The van der Waals surface area contributed by atoms with E-state index in [1.54, 1.807) is 0 Å². The van der Waals surface area contributed by atoms with Crippen molar-refractivity contribution in [2.75, 3.05) is 32.1 Å². The average Bonchev–Trinajstić information content (AvgIpc) is 2.91. The highest BCUT2D eigenvalue weighted by atomic mass is 16.5. The molecular weight excluding hydrogens is 242 g/mol. The molecule has 0 aromatic carbocycles. The first kappa shape index (κ1) is 12.4. The summed E-state index contributed by atoms with van der Waals surface area (Å²) < 4.78 is 5.44. The highest BCUT2D eigenvalue weighted by Crippen LogP contribution is 2.32. The fourth-order valence-corrected chi connectivity index (χ4v) is 2.58. The van der Waals surface area contributed by atoms with Gasteiger partial charge < -0.3 is 20.8 Å². The van der Waals surface area contributed by atoms with Crippen molar-refractivity contribution in [1.29, 1.82) is 0 Å². The third-order valence-electron chi connectivity index (χ3n) is 3.95.